The van der Waals surface area contributed by atoms with Crippen molar-refractivity contribution in [3.63, 3.8) is 0 Å². The van der Waals surface area contributed by atoms with Crippen molar-refractivity contribution in [1.29, 1.82) is 0 Å². The second-order valence-electron chi connectivity index (χ2n) is 4.37. The summed E-state index contributed by atoms with van der Waals surface area (Å²) in [5, 5.41) is 8.38. The van der Waals surface area contributed by atoms with Crippen LogP contribution < -0.4 is 5.32 Å². The molecule has 0 bridgehead atoms. The maximum absolute atomic E-state index is 6.28. The number of nitrogens with one attached hydrogen (secondary N) is 1. The van der Waals surface area contributed by atoms with Gasteiger partial charge in [-0.15, -0.1) is 0 Å². The highest BCUT2D eigenvalue weighted by molar-refractivity contribution is 6.31. The summed E-state index contributed by atoms with van der Waals surface area (Å²) in [5.74, 6) is 0. The second kappa shape index (κ2) is 8.53. The monoisotopic (exact) mass is 289 g/mol. The molecular formula is C13H24ClN3O2. The van der Waals surface area contributed by atoms with E-state index in [9.17, 15) is 0 Å². The van der Waals surface area contributed by atoms with Crippen molar-refractivity contribution in [2.24, 2.45) is 0 Å². The van der Waals surface area contributed by atoms with Gasteiger partial charge in [-0.1, -0.05) is 25.4 Å². The molecule has 6 heteroatoms. The van der Waals surface area contributed by atoms with E-state index in [0.29, 0.717) is 5.02 Å². The molecule has 0 radical (unpaired) electrons. The summed E-state index contributed by atoms with van der Waals surface area (Å²) in [6.45, 7) is 5.91. The van der Waals surface area contributed by atoms with Gasteiger partial charge in [0.2, 0.25) is 0 Å². The number of halogens is 1. The lowest BCUT2D eigenvalue weighted by Gasteiger charge is -2.26. The van der Waals surface area contributed by atoms with Gasteiger partial charge >= 0.3 is 0 Å². The number of hydrogen-bond acceptors (Lipinski definition) is 4. The topological polar surface area (TPSA) is 48.3 Å². The van der Waals surface area contributed by atoms with E-state index in [4.69, 9.17) is 21.1 Å². The molecule has 1 unspecified atom stereocenters. The molecule has 1 rings (SSSR count). The van der Waals surface area contributed by atoms with Crippen LogP contribution in [0.1, 0.15) is 38.4 Å². The van der Waals surface area contributed by atoms with Gasteiger partial charge in [-0.2, -0.15) is 5.10 Å². The molecule has 1 atom stereocenters. The van der Waals surface area contributed by atoms with E-state index in [1.54, 1.807) is 20.4 Å². The Bertz CT molecular complexity index is 367. The third-order valence-electron chi connectivity index (χ3n) is 2.91. The van der Waals surface area contributed by atoms with Crippen LogP contribution >= 0.6 is 11.6 Å². The lowest BCUT2D eigenvalue weighted by atomic mass is 10.2. The summed E-state index contributed by atoms with van der Waals surface area (Å²) < 4.78 is 12.7. The van der Waals surface area contributed by atoms with Gasteiger partial charge in [0.25, 0.3) is 0 Å². The van der Waals surface area contributed by atoms with Crippen LogP contribution in [0.2, 0.25) is 5.02 Å². The molecule has 0 fully saturated rings. The standard InChI is InChI=1S/C13H24ClN3O2/c1-5-7-15-11(13(18-3)19-4)12-10(14)9-16-17(12)8-6-2/h9,11,13,15H,5-8H2,1-4H3. The van der Waals surface area contributed by atoms with E-state index in [0.717, 1.165) is 31.6 Å². The number of ether oxygens (including phenoxy) is 2. The van der Waals surface area contributed by atoms with Crippen LogP contribution in [0, 0.1) is 0 Å². The molecule has 110 valence electrons. The van der Waals surface area contributed by atoms with Gasteiger partial charge in [-0.25, -0.2) is 0 Å². The van der Waals surface area contributed by atoms with Crippen LogP contribution in [0.5, 0.6) is 0 Å². The first-order chi connectivity index (χ1) is 9.19. The minimum absolute atomic E-state index is 0.128. The van der Waals surface area contributed by atoms with Crippen LogP contribution in [0.4, 0.5) is 0 Å². The van der Waals surface area contributed by atoms with E-state index in [-0.39, 0.29) is 6.04 Å². The van der Waals surface area contributed by atoms with E-state index >= 15 is 0 Å². The largest absolute Gasteiger partial charge is 0.354 e. The third kappa shape index (κ3) is 4.18. The smallest absolute Gasteiger partial charge is 0.177 e. The van der Waals surface area contributed by atoms with Gasteiger partial charge in [-0.3, -0.25) is 4.68 Å². The summed E-state index contributed by atoms with van der Waals surface area (Å²) >= 11 is 6.28. The summed E-state index contributed by atoms with van der Waals surface area (Å²) in [7, 11) is 3.26. The summed E-state index contributed by atoms with van der Waals surface area (Å²) in [6, 6.07) is -0.128. The van der Waals surface area contributed by atoms with E-state index in [1.165, 1.54) is 0 Å². The highest BCUT2D eigenvalue weighted by Gasteiger charge is 2.28. The fraction of sp³-hybridized carbons (Fsp3) is 0.769. The van der Waals surface area contributed by atoms with Crippen molar-refractivity contribution in [3.05, 3.63) is 16.9 Å². The lowest BCUT2D eigenvalue weighted by molar-refractivity contribution is -0.125. The first-order valence-corrected chi connectivity index (χ1v) is 7.07. The van der Waals surface area contributed by atoms with Crippen LogP contribution in [-0.2, 0) is 16.0 Å². The quantitative estimate of drug-likeness (QED) is 0.710. The van der Waals surface area contributed by atoms with Crippen LogP contribution in [0.3, 0.4) is 0 Å². The molecule has 0 amide bonds. The molecule has 5 nitrogen and oxygen atoms in total. The number of rotatable bonds is 9. The van der Waals surface area contributed by atoms with Crippen molar-refractivity contribution >= 4 is 11.6 Å². The number of nitrogens with zero attached hydrogens (tertiary/aromatic N) is 2. The number of hydrogen-bond donors (Lipinski definition) is 1. The Morgan fingerprint density at radius 3 is 2.53 bits per heavy atom. The summed E-state index contributed by atoms with van der Waals surface area (Å²) in [6.07, 6.45) is 3.30. The highest BCUT2D eigenvalue weighted by Crippen LogP contribution is 2.27. The van der Waals surface area contributed by atoms with Crippen LogP contribution in [0.15, 0.2) is 6.20 Å². The average Bonchev–Trinajstić information content (AvgIpc) is 2.76. The minimum atomic E-state index is -0.392. The zero-order valence-corrected chi connectivity index (χ0v) is 12.9. The molecule has 1 aromatic rings. The zero-order valence-electron chi connectivity index (χ0n) is 12.1. The maximum atomic E-state index is 6.28. The molecule has 19 heavy (non-hydrogen) atoms. The van der Waals surface area contributed by atoms with Gasteiger partial charge in [0.15, 0.2) is 6.29 Å². The fourth-order valence-corrected chi connectivity index (χ4v) is 2.32. The highest BCUT2D eigenvalue weighted by atomic mass is 35.5. The first kappa shape index (κ1) is 16.4. The van der Waals surface area contributed by atoms with Gasteiger partial charge in [0.05, 0.1) is 16.9 Å². The molecule has 1 N–H and O–H groups in total. The first-order valence-electron chi connectivity index (χ1n) is 6.69. The summed E-state index contributed by atoms with van der Waals surface area (Å²) in [5.41, 5.74) is 0.922. The Hall–Kier alpha value is -0.620. The Kier molecular flexibility index (Phi) is 7.38. The van der Waals surface area contributed by atoms with Crippen LogP contribution in [-0.4, -0.2) is 36.8 Å². The van der Waals surface area contributed by atoms with Gasteiger partial charge < -0.3 is 14.8 Å². The predicted octanol–water partition coefficient (Wildman–Crippen LogP) is 2.61. The maximum Gasteiger partial charge on any atom is 0.177 e. The zero-order chi connectivity index (χ0) is 14.3. The minimum Gasteiger partial charge on any atom is -0.354 e. The Morgan fingerprint density at radius 2 is 2.00 bits per heavy atom. The van der Waals surface area contributed by atoms with Crippen LogP contribution in [0.25, 0.3) is 0 Å². The number of aryl methyl sites for hydroxylation is 1. The van der Waals surface area contributed by atoms with Crippen molar-refractivity contribution in [1.82, 2.24) is 15.1 Å². The molecular weight excluding hydrogens is 266 g/mol. The van der Waals surface area contributed by atoms with Crippen molar-refractivity contribution in [2.45, 2.75) is 45.6 Å². The predicted molar refractivity (Wildman–Crippen MR) is 76.4 cm³/mol. The average molecular weight is 290 g/mol. The molecule has 1 aromatic heterocycles. The fourth-order valence-electron chi connectivity index (χ4n) is 2.06. The van der Waals surface area contributed by atoms with Crippen molar-refractivity contribution < 1.29 is 9.47 Å². The Morgan fingerprint density at radius 1 is 1.32 bits per heavy atom. The molecule has 0 saturated carbocycles. The molecule has 0 aromatic carbocycles. The second-order valence-corrected chi connectivity index (χ2v) is 4.78. The van der Waals surface area contributed by atoms with E-state index in [2.05, 4.69) is 24.3 Å². The van der Waals surface area contributed by atoms with Crippen molar-refractivity contribution in [2.75, 3.05) is 20.8 Å². The lowest BCUT2D eigenvalue weighted by Crippen LogP contribution is -2.36. The molecule has 1 heterocycles. The number of aromatic nitrogens is 2. The molecule has 0 spiro atoms. The summed E-state index contributed by atoms with van der Waals surface area (Å²) in [4.78, 5) is 0. The molecule has 0 aliphatic heterocycles. The third-order valence-corrected chi connectivity index (χ3v) is 3.21. The van der Waals surface area contributed by atoms with Gasteiger partial charge in [-0.05, 0) is 19.4 Å². The van der Waals surface area contributed by atoms with E-state index in [1.807, 2.05) is 4.68 Å². The molecule has 0 aliphatic carbocycles. The van der Waals surface area contributed by atoms with E-state index < -0.39 is 6.29 Å². The Balaban J connectivity index is 3.04. The molecule has 0 saturated heterocycles. The normalized spacial score (nSPS) is 13.2. The SMILES string of the molecule is CCCNC(c1c(Cl)cnn1CCC)C(OC)OC. The number of methoxy groups -OCH3 is 2. The molecule has 0 aliphatic rings. The van der Waals surface area contributed by atoms with Gasteiger partial charge in [0, 0.05) is 20.8 Å². The van der Waals surface area contributed by atoms with Gasteiger partial charge in [0.1, 0.15) is 6.04 Å². The Labute approximate surface area is 120 Å². The van der Waals surface area contributed by atoms with Crippen molar-refractivity contribution in [3.8, 4) is 0 Å².